The second-order valence-electron chi connectivity index (χ2n) is 21.8. The van der Waals surface area contributed by atoms with Gasteiger partial charge in [-0.05, 0) is 51.4 Å². The first kappa shape index (κ1) is 69.2. The van der Waals surface area contributed by atoms with Gasteiger partial charge >= 0.3 is 0 Å². The number of carbonyl (C=O) groups is 1. The molecule has 0 radical (unpaired) electrons. The predicted molar refractivity (Wildman–Crippen MR) is 309 cm³/mol. The molecule has 1 saturated heterocycles. The van der Waals surface area contributed by atoms with E-state index in [2.05, 4.69) is 67.8 Å². The monoisotopic (exact) mass is 1030 g/mol. The third-order valence-corrected chi connectivity index (χ3v) is 14.9. The first-order valence-electron chi connectivity index (χ1n) is 31.3. The Kier molecular flexibility index (Phi) is 50.7. The number of aliphatic hydroxyl groups excluding tert-OH is 5. The minimum absolute atomic E-state index is 0.144. The van der Waals surface area contributed by atoms with Crippen molar-refractivity contribution in [3.05, 3.63) is 48.6 Å². The highest BCUT2D eigenvalue weighted by Gasteiger charge is 2.44. The van der Waals surface area contributed by atoms with Crippen LogP contribution in [0.5, 0.6) is 0 Å². The van der Waals surface area contributed by atoms with E-state index in [4.69, 9.17) is 9.47 Å². The number of nitrogens with one attached hydrogen (secondary N) is 1. The summed E-state index contributed by atoms with van der Waals surface area (Å²) in [5.41, 5.74) is 0. The Hall–Kier alpha value is -1.85. The van der Waals surface area contributed by atoms with Crippen LogP contribution in [0, 0.1) is 0 Å². The van der Waals surface area contributed by atoms with Crippen molar-refractivity contribution in [3.63, 3.8) is 0 Å². The van der Waals surface area contributed by atoms with Crippen molar-refractivity contribution in [3.8, 4) is 0 Å². The fourth-order valence-corrected chi connectivity index (χ4v) is 10.0. The smallest absolute Gasteiger partial charge is 0.220 e. The van der Waals surface area contributed by atoms with Gasteiger partial charge in [-0.3, -0.25) is 4.79 Å². The zero-order chi connectivity index (χ0) is 52.9. The molecule has 0 aliphatic carbocycles. The van der Waals surface area contributed by atoms with Crippen LogP contribution in [0.1, 0.15) is 296 Å². The zero-order valence-corrected chi connectivity index (χ0v) is 47.6. The average molecular weight is 1030 g/mol. The molecule has 1 heterocycles. The molecular formula is C64H119NO8. The van der Waals surface area contributed by atoms with E-state index in [1.54, 1.807) is 0 Å². The number of hydrogen-bond donors (Lipinski definition) is 6. The SMILES string of the molecule is CC/C=C\C/C=C\C/C=C\C/C=C\CCCCCCCCC(=O)NC(COC1OC(CO)C(O)C(O)C1O)C(O)CCCCCCCCCCCCCCCCCCCCCCCCCCCCCCCCC. The van der Waals surface area contributed by atoms with Gasteiger partial charge in [0.25, 0.3) is 0 Å². The highest BCUT2D eigenvalue weighted by atomic mass is 16.7. The Morgan fingerprint density at radius 3 is 1.26 bits per heavy atom. The Morgan fingerprint density at radius 2 is 0.849 bits per heavy atom. The number of rotatable bonds is 54. The number of carbonyl (C=O) groups excluding carboxylic acids is 1. The van der Waals surface area contributed by atoms with Crippen LogP contribution in [0.15, 0.2) is 48.6 Å². The van der Waals surface area contributed by atoms with E-state index in [1.807, 2.05) is 0 Å². The Labute approximate surface area is 450 Å². The second-order valence-corrected chi connectivity index (χ2v) is 21.8. The van der Waals surface area contributed by atoms with Crippen LogP contribution in [0.25, 0.3) is 0 Å². The van der Waals surface area contributed by atoms with Crippen molar-refractivity contribution in [2.24, 2.45) is 0 Å². The van der Waals surface area contributed by atoms with Gasteiger partial charge in [0, 0.05) is 6.42 Å². The molecule has 1 aliphatic rings. The van der Waals surface area contributed by atoms with E-state index in [0.717, 1.165) is 77.0 Å². The van der Waals surface area contributed by atoms with Crippen molar-refractivity contribution in [2.75, 3.05) is 13.2 Å². The van der Waals surface area contributed by atoms with E-state index >= 15 is 0 Å². The number of hydrogen-bond acceptors (Lipinski definition) is 8. The third kappa shape index (κ3) is 42.9. The molecule has 1 fully saturated rings. The summed E-state index contributed by atoms with van der Waals surface area (Å²) in [4.78, 5) is 13.1. The molecular weight excluding hydrogens is 911 g/mol. The molecule has 9 nitrogen and oxygen atoms in total. The zero-order valence-electron chi connectivity index (χ0n) is 47.6. The summed E-state index contributed by atoms with van der Waals surface area (Å²) in [5, 5.41) is 54.8. The molecule has 0 aromatic rings. The Bertz CT molecular complexity index is 1290. The quantitative estimate of drug-likeness (QED) is 0.0261. The summed E-state index contributed by atoms with van der Waals surface area (Å²) in [6, 6.07) is -0.730. The molecule has 6 N–H and O–H groups in total. The van der Waals surface area contributed by atoms with Crippen LogP contribution < -0.4 is 5.32 Å². The average Bonchev–Trinajstić information content (AvgIpc) is 3.39. The van der Waals surface area contributed by atoms with Crippen molar-refractivity contribution < 1.29 is 39.8 Å². The maximum atomic E-state index is 13.1. The first-order valence-corrected chi connectivity index (χ1v) is 31.3. The number of amides is 1. The molecule has 7 atom stereocenters. The molecule has 1 rings (SSSR count). The van der Waals surface area contributed by atoms with Crippen molar-refractivity contribution in [2.45, 2.75) is 339 Å². The van der Waals surface area contributed by atoms with Crippen LogP contribution in [0.2, 0.25) is 0 Å². The first-order chi connectivity index (χ1) is 35.8. The lowest BCUT2D eigenvalue weighted by Gasteiger charge is -2.40. The lowest BCUT2D eigenvalue weighted by atomic mass is 9.99. The summed E-state index contributed by atoms with van der Waals surface area (Å²) >= 11 is 0. The maximum absolute atomic E-state index is 13.1. The minimum atomic E-state index is -1.56. The number of allylic oxidation sites excluding steroid dienone is 8. The highest BCUT2D eigenvalue weighted by molar-refractivity contribution is 5.76. The molecule has 7 unspecified atom stereocenters. The molecule has 428 valence electrons. The van der Waals surface area contributed by atoms with Gasteiger partial charge in [0.15, 0.2) is 6.29 Å². The third-order valence-electron chi connectivity index (χ3n) is 14.9. The molecule has 0 spiro atoms. The van der Waals surface area contributed by atoms with Crippen LogP contribution in [0.3, 0.4) is 0 Å². The Morgan fingerprint density at radius 1 is 0.479 bits per heavy atom. The van der Waals surface area contributed by atoms with Gasteiger partial charge in [0.05, 0.1) is 25.4 Å². The van der Waals surface area contributed by atoms with Gasteiger partial charge in [0.2, 0.25) is 5.91 Å². The standard InChI is InChI=1S/C64H119NO8/c1-3-5-7-9-11-13-15-17-19-21-23-24-25-26-27-28-29-30-31-32-33-34-36-37-39-41-43-45-47-49-51-53-58(67)57(56-72-64-63(71)62(70)61(69)59(55-66)73-64)65-60(68)54-52-50-48-46-44-42-40-38-35-22-20-18-16-14-12-10-8-6-4-2/h6,8,12,14,18,20,35,38,57-59,61-64,66-67,69-71H,3-5,7,9-11,13,15-17,19,21-34,36-37,39-56H2,1-2H3,(H,65,68)/b8-6-,14-12-,20-18-,38-35-. The van der Waals surface area contributed by atoms with Gasteiger partial charge in [-0.25, -0.2) is 0 Å². The number of unbranched alkanes of at least 4 members (excludes halogenated alkanes) is 36. The number of ether oxygens (including phenoxy) is 2. The van der Waals surface area contributed by atoms with E-state index in [1.165, 1.54) is 193 Å². The fourth-order valence-electron chi connectivity index (χ4n) is 10.0. The molecule has 1 aliphatic heterocycles. The second kappa shape index (κ2) is 53.5. The molecule has 0 bridgehead atoms. The van der Waals surface area contributed by atoms with Gasteiger partial charge in [0.1, 0.15) is 24.4 Å². The topological polar surface area (TPSA) is 149 Å². The van der Waals surface area contributed by atoms with Crippen LogP contribution in [-0.2, 0) is 14.3 Å². The van der Waals surface area contributed by atoms with Gasteiger partial charge in [-0.2, -0.15) is 0 Å². The van der Waals surface area contributed by atoms with E-state index in [0.29, 0.717) is 12.8 Å². The molecule has 0 aromatic carbocycles. The number of aliphatic hydroxyl groups is 5. The summed E-state index contributed by atoms with van der Waals surface area (Å²) in [7, 11) is 0. The molecule has 1 amide bonds. The summed E-state index contributed by atoms with van der Waals surface area (Å²) in [5.74, 6) is -0.156. The molecule has 9 heteroatoms. The predicted octanol–water partition coefficient (Wildman–Crippen LogP) is 16.1. The molecule has 0 aromatic heterocycles. The normalized spacial score (nSPS) is 19.4. The van der Waals surface area contributed by atoms with Crippen LogP contribution >= 0.6 is 0 Å². The minimum Gasteiger partial charge on any atom is -0.394 e. The van der Waals surface area contributed by atoms with Crippen molar-refractivity contribution >= 4 is 5.91 Å². The highest BCUT2D eigenvalue weighted by Crippen LogP contribution is 2.23. The van der Waals surface area contributed by atoms with Crippen molar-refractivity contribution in [1.29, 1.82) is 0 Å². The fraction of sp³-hybridized carbons (Fsp3) is 0.859. The van der Waals surface area contributed by atoms with Gasteiger partial charge < -0.3 is 40.3 Å². The molecule has 73 heavy (non-hydrogen) atoms. The lowest BCUT2D eigenvalue weighted by Crippen LogP contribution is -2.60. The molecule has 0 saturated carbocycles. The summed E-state index contributed by atoms with van der Waals surface area (Å²) in [6.45, 7) is 3.75. The van der Waals surface area contributed by atoms with E-state index in [9.17, 15) is 30.3 Å². The van der Waals surface area contributed by atoms with Gasteiger partial charge in [-0.15, -0.1) is 0 Å². The van der Waals surface area contributed by atoms with E-state index < -0.39 is 49.5 Å². The maximum Gasteiger partial charge on any atom is 0.220 e. The van der Waals surface area contributed by atoms with Crippen molar-refractivity contribution in [1.82, 2.24) is 5.32 Å². The summed E-state index contributed by atoms with van der Waals surface area (Å²) < 4.78 is 11.3. The Balaban J connectivity index is 2.14. The lowest BCUT2D eigenvalue weighted by molar-refractivity contribution is -0.302. The van der Waals surface area contributed by atoms with Crippen LogP contribution in [0.4, 0.5) is 0 Å². The largest absolute Gasteiger partial charge is 0.394 e. The van der Waals surface area contributed by atoms with Gasteiger partial charge in [-0.1, -0.05) is 287 Å². The van der Waals surface area contributed by atoms with E-state index in [-0.39, 0.29) is 12.5 Å². The summed E-state index contributed by atoms with van der Waals surface area (Å²) in [6.07, 6.45) is 64.5. The van der Waals surface area contributed by atoms with Crippen LogP contribution in [-0.4, -0.2) is 87.5 Å².